The molecule has 5 heteroatoms. The highest BCUT2D eigenvalue weighted by molar-refractivity contribution is 6.03. The van der Waals surface area contributed by atoms with E-state index in [1.54, 1.807) is 18.2 Å². The molecule has 3 rings (SSSR count). The van der Waals surface area contributed by atoms with Gasteiger partial charge in [-0.2, -0.15) is 8.78 Å². The molecule has 0 radical (unpaired) electrons. The zero-order chi connectivity index (χ0) is 14.8. The van der Waals surface area contributed by atoms with Gasteiger partial charge in [-0.15, -0.1) is 0 Å². The number of anilines is 1. The van der Waals surface area contributed by atoms with Crippen molar-refractivity contribution in [3.63, 3.8) is 0 Å². The Kier molecular flexibility index (Phi) is 3.56. The smallest absolute Gasteiger partial charge is 0.387 e. The molecule has 0 aliphatic carbocycles. The summed E-state index contributed by atoms with van der Waals surface area (Å²) in [5.41, 5.74) is 2.53. The van der Waals surface area contributed by atoms with Crippen LogP contribution in [-0.4, -0.2) is 12.5 Å². The maximum absolute atomic E-state index is 12.2. The second kappa shape index (κ2) is 5.52. The third-order valence-corrected chi connectivity index (χ3v) is 3.47. The number of hydrogen-bond donors (Lipinski definition) is 1. The predicted octanol–water partition coefficient (Wildman–Crippen LogP) is 3.57. The van der Waals surface area contributed by atoms with Gasteiger partial charge in [0.15, 0.2) is 0 Å². The Morgan fingerprint density at radius 1 is 1.14 bits per heavy atom. The van der Waals surface area contributed by atoms with Crippen molar-refractivity contribution >= 4 is 11.6 Å². The lowest BCUT2D eigenvalue weighted by atomic mass is 9.93. The lowest BCUT2D eigenvalue weighted by Gasteiger charge is -2.10. The summed E-state index contributed by atoms with van der Waals surface area (Å²) in [7, 11) is 0. The SMILES string of the molecule is O=C1Nc2ccccc2[C@H]1Cc1cccc(OC(F)F)c1. The molecule has 1 atom stereocenters. The molecule has 1 amide bonds. The molecule has 0 saturated carbocycles. The van der Waals surface area contributed by atoms with Crippen molar-refractivity contribution in [1.82, 2.24) is 0 Å². The summed E-state index contributed by atoms with van der Waals surface area (Å²) in [4.78, 5) is 12.0. The molecule has 0 spiro atoms. The summed E-state index contributed by atoms with van der Waals surface area (Å²) in [6.07, 6.45) is 0.448. The van der Waals surface area contributed by atoms with Gasteiger partial charge >= 0.3 is 6.61 Å². The molecule has 1 heterocycles. The first-order chi connectivity index (χ1) is 10.1. The third kappa shape index (κ3) is 2.86. The van der Waals surface area contributed by atoms with E-state index in [-0.39, 0.29) is 17.6 Å². The van der Waals surface area contributed by atoms with Crippen LogP contribution in [0.1, 0.15) is 17.0 Å². The fourth-order valence-electron chi connectivity index (χ4n) is 2.56. The molecule has 2 aromatic carbocycles. The number of alkyl halides is 2. The molecule has 3 nitrogen and oxygen atoms in total. The van der Waals surface area contributed by atoms with Gasteiger partial charge in [0.1, 0.15) is 5.75 Å². The van der Waals surface area contributed by atoms with Gasteiger partial charge in [-0.05, 0) is 35.7 Å². The van der Waals surface area contributed by atoms with Gasteiger partial charge in [0.25, 0.3) is 0 Å². The van der Waals surface area contributed by atoms with Crippen molar-refractivity contribution in [3.8, 4) is 5.75 Å². The number of carbonyl (C=O) groups is 1. The lowest BCUT2D eigenvalue weighted by molar-refractivity contribution is -0.117. The Balaban J connectivity index is 1.82. The highest BCUT2D eigenvalue weighted by atomic mass is 19.3. The summed E-state index contributed by atoms with van der Waals surface area (Å²) >= 11 is 0. The molecule has 21 heavy (non-hydrogen) atoms. The molecule has 0 bridgehead atoms. The molecule has 0 aromatic heterocycles. The van der Waals surface area contributed by atoms with Crippen molar-refractivity contribution < 1.29 is 18.3 Å². The highest BCUT2D eigenvalue weighted by Crippen LogP contribution is 2.34. The lowest BCUT2D eigenvalue weighted by Crippen LogP contribution is -2.14. The topological polar surface area (TPSA) is 38.3 Å². The first-order valence-corrected chi connectivity index (χ1v) is 6.57. The van der Waals surface area contributed by atoms with Crippen LogP contribution in [0.3, 0.4) is 0 Å². The third-order valence-electron chi connectivity index (χ3n) is 3.47. The molecule has 0 fully saturated rings. The summed E-state index contributed by atoms with van der Waals surface area (Å²) in [6.45, 7) is -2.85. The van der Waals surface area contributed by atoms with Gasteiger partial charge in [0.2, 0.25) is 5.91 Å². The number of amides is 1. The average Bonchev–Trinajstić information content (AvgIpc) is 2.75. The number of fused-ring (bicyclic) bond motifs is 1. The van der Waals surface area contributed by atoms with Crippen LogP contribution < -0.4 is 10.1 Å². The van der Waals surface area contributed by atoms with E-state index in [1.165, 1.54) is 6.07 Å². The van der Waals surface area contributed by atoms with Crippen molar-refractivity contribution in [1.29, 1.82) is 0 Å². The molecular formula is C16H13F2NO2. The second-order valence-electron chi connectivity index (χ2n) is 4.86. The van der Waals surface area contributed by atoms with Crippen LogP contribution in [0.5, 0.6) is 5.75 Å². The van der Waals surface area contributed by atoms with E-state index < -0.39 is 6.61 Å². The normalized spacial score (nSPS) is 16.7. The van der Waals surface area contributed by atoms with Crippen molar-refractivity contribution in [2.75, 3.05) is 5.32 Å². The second-order valence-corrected chi connectivity index (χ2v) is 4.86. The van der Waals surface area contributed by atoms with Crippen molar-refractivity contribution in [2.24, 2.45) is 0 Å². The average molecular weight is 289 g/mol. The quantitative estimate of drug-likeness (QED) is 0.934. The number of halogens is 2. The highest BCUT2D eigenvalue weighted by Gasteiger charge is 2.30. The van der Waals surface area contributed by atoms with Crippen LogP contribution in [0.15, 0.2) is 48.5 Å². The molecule has 1 N–H and O–H groups in total. The van der Waals surface area contributed by atoms with Crippen LogP contribution >= 0.6 is 0 Å². The fraction of sp³-hybridized carbons (Fsp3) is 0.188. The van der Waals surface area contributed by atoms with Gasteiger partial charge in [-0.25, -0.2) is 0 Å². The summed E-state index contributed by atoms with van der Waals surface area (Å²) in [6, 6.07) is 13.9. The fourth-order valence-corrected chi connectivity index (χ4v) is 2.56. The largest absolute Gasteiger partial charge is 0.435 e. The first kappa shape index (κ1) is 13.5. The molecule has 108 valence electrons. The van der Waals surface area contributed by atoms with E-state index >= 15 is 0 Å². The maximum Gasteiger partial charge on any atom is 0.387 e. The minimum atomic E-state index is -2.85. The van der Waals surface area contributed by atoms with Crippen LogP contribution in [0.25, 0.3) is 0 Å². The number of para-hydroxylation sites is 1. The van der Waals surface area contributed by atoms with Gasteiger partial charge in [0, 0.05) is 5.69 Å². The summed E-state index contributed by atoms with van der Waals surface area (Å²) < 4.78 is 28.8. The maximum atomic E-state index is 12.2. The van der Waals surface area contributed by atoms with E-state index in [4.69, 9.17) is 0 Å². The molecule has 2 aromatic rings. The molecule has 0 saturated heterocycles. The van der Waals surface area contributed by atoms with E-state index in [9.17, 15) is 13.6 Å². The van der Waals surface area contributed by atoms with E-state index in [2.05, 4.69) is 10.1 Å². The standard InChI is InChI=1S/C16H13F2NO2/c17-16(18)21-11-5-3-4-10(8-11)9-13-12-6-1-2-7-14(12)19-15(13)20/h1-8,13,16H,9H2,(H,19,20)/t13-/m1/s1. The zero-order valence-corrected chi connectivity index (χ0v) is 11.1. The predicted molar refractivity (Wildman–Crippen MR) is 74.6 cm³/mol. The number of carbonyl (C=O) groups excluding carboxylic acids is 1. The number of benzene rings is 2. The number of ether oxygens (including phenoxy) is 1. The Labute approximate surface area is 120 Å². The van der Waals surface area contributed by atoms with Crippen molar-refractivity contribution in [3.05, 3.63) is 59.7 Å². The Morgan fingerprint density at radius 3 is 2.76 bits per heavy atom. The van der Waals surface area contributed by atoms with E-state index in [0.717, 1.165) is 16.8 Å². The monoisotopic (exact) mass is 289 g/mol. The Bertz CT molecular complexity index is 673. The van der Waals surface area contributed by atoms with Gasteiger partial charge in [-0.3, -0.25) is 4.79 Å². The number of nitrogens with one attached hydrogen (secondary N) is 1. The Hall–Kier alpha value is -2.43. The molecule has 1 aliphatic heterocycles. The van der Waals surface area contributed by atoms with Gasteiger partial charge in [0.05, 0.1) is 5.92 Å². The van der Waals surface area contributed by atoms with Crippen LogP contribution in [0, 0.1) is 0 Å². The molecule has 0 unspecified atom stereocenters. The van der Waals surface area contributed by atoms with Gasteiger partial charge in [-0.1, -0.05) is 30.3 Å². The molecular weight excluding hydrogens is 276 g/mol. The number of rotatable bonds is 4. The zero-order valence-electron chi connectivity index (χ0n) is 11.1. The summed E-state index contributed by atoms with van der Waals surface area (Å²) in [5, 5.41) is 2.82. The van der Waals surface area contributed by atoms with Crippen LogP contribution in [-0.2, 0) is 11.2 Å². The van der Waals surface area contributed by atoms with Crippen LogP contribution in [0.4, 0.5) is 14.5 Å². The van der Waals surface area contributed by atoms with E-state index in [0.29, 0.717) is 6.42 Å². The minimum absolute atomic E-state index is 0.0728. The Morgan fingerprint density at radius 2 is 1.95 bits per heavy atom. The first-order valence-electron chi connectivity index (χ1n) is 6.57. The minimum Gasteiger partial charge on any atom is -0.435 e. The number of hydrogen-bond acceptors (Lipinski definition) is 2. The van der Waals surface area contributed by atoms with E-state index in [1.807, 2.05) is 24.3 Å². The molecule has 1 aliphatic rings. The summed E-state index contributed by atoms with van der Waals surface area (Å²) in [5.74, 6) is -0.270. The van der Waals surface area contributed by atoms with Gasteiger partial charge < -0.3 is 10.1 Å². The van der Waals surface area contributed by atoms with Crippen LogP contribution in [0.2, 0.25) is 0 Å². The van der Waals surface area contributed by atoms with Crippen molar-refractivity contribution in [2.45, 2.75) is 19.0 Å².